The van der Waals surface area contributed by atoms with Crippen LogP contribution in [-0.4, -0.2) is 11.8 Å². The van der Waals surface area contributed by atoms with Crippen LogP contribution in [-0.2, 0) is 9.59 Å². The van der Waals surface area contributed by atoms with Crippen molar-refractivity contribution in [1.82, 2.24) is 0 Å². The van der Waals surface area contributed by atoms with Crippen LogP contribution in [0.5, 0.6) is 0 Å². The Morgan fingerprint density at radius 1 is 0.800 bits per heavy atom. The number of carbonyl (C=O) groups is 2. The largest absolute Gasteiger partial charge is 0.350 e. The van der Waals surface area contributed by atoms with Crippen LogP contribution in [0.2, 0.25) is 0 Å². The topological polar surface area (TPSA) is 49.4 Å². The third kappa shape index (κ3) is 3.28. The Hall–Kier alpha value is -3.73. The number of anilines is 2. The Labute approximate surface area is 174 Å². The standard InChI is InChI=1S/C25H21FN2O2/c1-15-12-13-18(17(3)14-15)22-23(27-20-10-6-4-8-16(20)2)25(30)28(24(22)29)21-11-7-5-9-19(21)26/h4-14,27H,1-3H3. The maximum absolute atomic E-state index is 14.5. The van der Waals surface area contributed by atoms with Crippen LogP contribution >= 0.6 is 0 Å². The molecular weight excluding hydrogens is 379 g/mol. The molecular formula is C25H21FN2O2. The van der Waals surface area contributed by atoms with Gasteiger partial charge in [-0.15, -0.1) is 0 Å². The van der Waals surface area contributed by atoms with E-state index in [0.717, 1.165) is 21.6 Å². The third-order valence-electron chi connectivity index (χ3n) is 5.23. The molecule has 0 atom stereocenters. The fourth-order valence-electron chi connectivity index (χ4n) is 3.69. The van der Waals surface area contributed by atoms with Gasteiger partial charge in [0.15, 0.2) is 0 Å². The van der Waals surface area contributed by atoms with Crippen LogP contribution in [0.1, 0.15) is 22.3 Å². The quantitative estimate of drug-likeness (QED) is 0.617. The highest BCUT2D eigenvalue weighted by atomic mass is 19.1. The summed E-state index contributed by atoms with van der Waals surface area (Å²) in [5, 5.41) is 3.14. The van der Waals surface area contributed by atoms with E-state index in [1.807, 2.05) is 63.2 Å². The van der Waals surface area contributed by atoms with E-state index in [2.05, 4.69) is 5.32 Å². The molecule has 2 amide bonds. The van der Waals surface area contributed by atoms with E-state index in [-0.39, 0.29) is 17.0 Å². The van der Waals surface area contributed by atoms with E-state index < -0.39 is 17.6 Å². The van der Waals surface area contributed by atoms with E-state index in [0.29, 0.717) is 11.3 Å². The lowest BCUT2D eigenvalue weighted by Gasteiger charge is -2.16. The van der Waals surface area contributed by atoms with Gasteiger partial charge in [-0.05, 0) is 55.7 Å². The first-order valence-corrected chi connectivity index (χ1v) is 9.66. The van der Waals surface area contributed by atoms with Crippen LogP contribution in [0.4, 0.5) is 15.8 Å². The van der Waals surface area contributed by atoms with Gasteiger partial charge in [-0.3, -0.25) is 9.59 Å². The number of rotatable bonds is 4. The predicted octanol–water partition coefficient (Wildman–Crippen LogP) is 5.15. The van der Waals surface area contributed by atoms with Crippen LogP contribution in [0, 0.1) is 26.6 Å². The lowest BCUT2D eigenvalue weighted by molar-refractivity contribution is -0.120. The van der Waals surface area contributed by atoms with Gasteiger partial charge >= 0.3 is 0 Å². The van der Waals surface area contributed by atoms with Crippen molar-refractivity contribution in [2.75, 3.05) is 10.2 Å². The number of nitrogens with one attached hydrogen (secondary N) is 1. The Morgan fingerprint density at radius 3 is 2.20 bits per heavy atom. The molecule has 30 heavy (non-hydrogen) atoms. The zero-order chi connectivity index (χ0) is 21.4. The summed E-state index contributed by atoms with van der Waals surface area (Å²) in [7, 11) is 0. The summed E-state index contributed by atoms with van der Waals surface area (Å²) in [6, 6.07) is 19.0. The second kappa shape index (κ2) is 7.59. The molecule has 150 valence electrons. The van der Waals surface area contributed by atoms with Crippen molar-refractivity contribution in [2.24, 2.45) is 0 Å². The van der Waals surface area contributed by atoms with Crippen molar-refractivity contribution in [1.29, 1.82) is 0 Å². The summed E-state index contributed by atoms with van der Waals surface area (Å²) in [5.41, 5.74) is 4.53. The number of amides is 2. The molecule has 0 fully saturated rings. The van der Waals surface area contributed by atoms with Crippen LogP contribution in [0.25, 0.3) is 5.57 Å². The second-order valence-corrected chi connectivity index (χ2v) is 7.41. The van der Waals surface area contributed by atoms with E-state index in [1.165, 1.54) is 18.2 Å². The number of benzene rings is 3. The van der Waals surface area contributed by atoms with Gasteiger partial charge in [0.2, 0.25) is 0 Å². The minimum Gasteiger partial charge on any atom is -0.350 e. The predicted molar refractivity (Wildman–Crippen MR) is 117 cm³/mol. The average molecular weight is 400 g/mol. The number of aryl methyl sites for hydroxylation is 3. The van der Waals surface area contributed by atoms with Crippen molar-refractivity contribution >= 4 is 28.8 Å². The van der Waals surface area contributed by atoms with E-state index in [9.17, 15) is 14.0 Å². The Balaban J connectivity index is 1.90. The first kappa shape index (κ1) is 19.6. The molecule has 3 aromatic carbocycles. The number of nitrogens with zero attached hydrogens (tertiary/aromatic N) is 1. The van der Waals surface area contributed by atoms with Crippen LogP contribution in [0.15, 0.2) is 72.4 Å². The molecule has 1 aliphatic rings. The van der Waals surface area contributed by atoms with Gasteiger partial charge in [0.05, 0.1) is 11.3 Å². The van der Waals surface area contributed by atoms with E-state index in [1.54, 1.807) is 6.07 Å². The number of hydrogen-bond donors (Lipinski definition) is 1. The highest BCUT2D eigenvalue weighted by molar-refractivity contribution is 6.46. The minimum absolute atomic E-state index is 0.0589. The molecule has 5 heteroatoms. The molecule has 0 unspecified atom stereocenters. The number of carbonyl (C=O) groups excluding carboxylic acids is 2. The third-order valence-corrected chi connectivity index (χ3v) is 5.23. The molecule has 4 nitrogen and oxygen atoms in total. The molecule has 4 rings (SSSR count). The summed E-state index contributed by atoms with van der Waals surface area (Å²) in [5.74, 6) is -1.76. The van der Waals surface area contributed by atoms with Gasteiger partial charge in [0.1, 0.15) is 11.5 Å². The van der Waals surface area contributed by atoms with Crippen molar-refractivity contribution in [2.45, 2.75) is 20.8 Å². The molecule has 0 aromatic heterocycles. The molecule has 0 aliphatic carbocycles. The van der Waals surface area contributed by atoms with Gasteiger partial charge < -0.3 is 5.32 Å². The molecule has 0 spiro atoms. The number of para-hydroxylation sites is 2. The number of hydrogen-bond acceptors (Lipinski definition) is 3. The first-order valence-electron chi connectivity index (χ1n) is 9.66. The number of halogens is 1. The van der Waals surface area contributed by atoms with Gasteiger partial charge in [-0.25, -0.2) is 9.29 Å². The van der Waals surface area contributed by atoms with Crippen molar-refractivity contribution < 1.29 is 14.0 Å². The summed E-state index contributed by atoms with van der Waals surface area (Å²) >= 11 is 0. The van der Waals surface area contributed by atoms with Crippen molar-refractivity contribution in [3.63, 3.8) is 0 Å². The zero-order valence-corrected chi connectivity index (χ0v) is 17.0. The normalized spacial score (nSPS) is 13.9. The summed E-state index contributed by atoms with van der Waals surface area (Å²) in [6.45, 7) is 5.77. The molecule has 3 aromatic rings. The summed E-state index contributed by atoms with van der Waals surface area (Å²) in [4.78, 5) is 27.7. The second-order valence-electron chi connectivity index (χ2n) is 7.41. The Bertz CT molecular complexity index is 1210. The monoisotopic (exact) mass is 400 g/mol. The Morgan fingerprint density at radius 2 is 1.50 bits per heavy atom. The highest BCUT2D eigenvalue weighted by Crippen LogP contribution is 2.36. The lowest BCUT2D eigenvalue weighted by atomic mass is 9.97. The fourth-order valence-corrected chi connectivity index (χ4v) is 3.69. The SMILES string of the molecule is Cc1ccc(C2=C(Nc3ccccc3C)C(=O)N(c3ccccc3F)C2=O)c(C)c1. The molecule has 0 saturated carbocycles. The van der Waals surface area contributed by atoms with E-state index in [4.69, 9.17) is 0 Å². The van der Waals surface area contributed by atoms with Gasteiger partial charge in [0.25, 0.3) is 11.8 Å². The minimum atomic E-state index is -0.628. The molecule has 0 saturated heterocycles. The van der Waals surface area contributed by atoms with Crippen LogP contribution in [0.3, 0.4) is 0 Å². The Kier molecular flexibility index (Phi) is 4.96. The van der Waals surface area contributed by atoms with E-state index >= 15 is 0 Å². The molecule has 1 heterocycles. The maximum Gasteiger partial charge on any atom is 0.282 e. The zero-order valence-electron chi connectivity index (χ0n) is 17.0. The first-order chi connectivity index (χ1) is 14.4. The molecule has 0 radical (unpaired) electrons. The summed E-state index contributed by atoms with van der Waals surface area (Å²) in [6.07, 6.45) is 0. The highest BCUT2D eigenvalue weighted by Gasteiger charge is 2.41. The molecule has 1 N–H and O–H groups in total. The number of imide groups is 1. The van der Waals surface area contributed by atoms with Gasteiger partial charge in [0, 0.05) is 5.69 Å². The molecule has 1 aliphatic heterocycles. The van der Waals surface area contributed by atoms with Crippen molar-refractivity contribution in [3.8, 4) is 0 Å². The summed E-state index contributed by atoms with van der Waals surface area (Å²) < 4.78 is 14.5. The van der Waals surface area contributed by atoms with Gasteiger partial charge in [-0.1, -0.05) is 54.1 Å². The van der Waals surface area contributed by atoms with Crippen LogP contribution < -0.4 is 10.2 Å². The molecule has 0 bridgehead atoms. The average Bonchev–Trinajstić information content (AvgIpc) is 2.94. The van der Waals surface area contributed by atoms with Crippen molar-refractivity contribution in [3.05, 3.63) is 100 Å². The fraction of sp³-hybridized carbons (Fsp3) is 0.120. The van der Waals surface area contributed by atoms with Gasteiger partial charge in [-0.2, -0.15) is 0 Å². The smallest absolute Gasteiger partial charge is 0.282 e. The lowest BCUT2D eigenvalue weighted by Crippen LogP contribution is -2.33. The maximum atomic E-state index is 14.5.